The molecule has 9 heteroatoms. The molecule has 1 aromatic rings. The third-order valence-electron chi connectivity index (χ3n) is 2.95. The van der Waals surface area contributed by atoms with E-state index < -0.39 is 0 Å². The van der Waals surface area contributed by atoms with E-state index in [-0.39, 0.29) is 36.4 Å². The minimum atomic E-state index is -0.152. The molecule has 3 N–H and O–H groups in total. The van der Waals surface area contributed by atoms with Crippen LogP contribution < -0.4 is 16.0 Å². The van der Waals surface area contributed by atoms with Crippen LogP contribution in [0.5, 0.6) is 0 Å². The summed E-state index contributed by atoms with van der Waals surface area (Å²) in [6.07, 6.45) is 0. The quantitative estimate of drug-likeness (QED) is 0.225. The predicted molar refractivity (Wildman–Crippen MR) is 104 cm³/mol. The number of guanidine groups is 1. The molecule has 0 saturated heterocycles. The Morgan fingerprint density at radius 3 is 2.71 bits per heavy atom. The van der Waals surface area contributed by atoms with Gasteiger partial charge in [-0.05, 0) is 12.8 Å². The highest BCUT2D eigenvalue weighted by atomic mass is 127. The van der Waals surface area contributed by atoms with E-state index in [2.05, 4.69) is 39.9 Å². The van der Waals surface area contributed by atoms with Gasteiger partial charge in [-0.25, -0.2) is 4.99 Å². The maximum Gasteiger partial charge on any atom is 0.241 e. The zero-order valence-electron chi connectivity index (χ0n) is 14.7. The smallest absolute Gasteiger partial charge is 0.241 e. The lowest BCUT2D eigenvalue weighted by atomic mass is 10.1. The molecule has 0 bridgehead atoms. The molecule has 0 saturated carbocycles. The average Bonchev–Trinajstić information content (AvgIpc) is 2.99. The van der Waals surface area contributed by atoms with Crippen LogP contribution in [-0.2, 0) is 16.1 Å². The van der Waals surface area contributed by atoms with Crippen molar-refractivity contribution < 1.29 is 14.1 Å². The van der Waals surface area contributed by atoms with Crippen LogP contribution in [0.15, 0.2) is 15.6 Å². The van der Waals surface area contributed by atoms with E-state index in [1.54, 1.807) is 7.11 Å². The van der Waals surface area contributed by atoms with Crippen LogP contribution in [0.1, 0.15) is 38.1 Å². The zero-order chi connectivity index (χ0) is 17.1. The normalized spacial score (nSPS) is 11.1. The van der Waals surface area contributed by atoms with Crippen LogP contribution in [0.4, 0.5) is 0 Å². The molecule has 8 nitrogen and oxygen atoms in total. The standard InChI is InChI=1S/C15H27N5O3.HI/c1-5-16-15(19-10-14(21)17-6-7-22-4)18-9-12-8-13(11(2)3)20-23-12;/h8,11H,5-7,9-10H2,1-4H3,(H,17,21)(H2,16,18,19);1H. The van der Waals surface area contributed by atoms with Gasteiger partial charge in [-0.3, -0.25) is 4.79 Å². The number of hydrogen-bond acceptors (Lipinski definition) is 5. The number of rotatable bonds is 9. The molecular weight excluding hydrogens is 425 g/mol. The van der Waals surface area contributed by atoms with E-state index in [4.69, 9.17) is 9.26 Å². The summed E-state index contributed by atoms with van der Waals surface area (Å²) in [6, 6.07) is 1.92. The van der Waals surface area contributed by atoms with Gasteiger partial charge in [-0.2, -0.15) is 0 Å². The summed E-state index contributed by atoms with van der Waals surface area (Å²) in [4.78, 5) is 15.8. The summed E-state index contributed by atoms with van der Waals surface area (Å²) in [5.74, 6) is 1.45. The molecule has 0 aromatic carbocycles. The number of aliphatic imine (C=N–C) groups is 1. The molecular formula is C15H28IN5O3. The second-order valence-corrected chi connectivity index (χ2v) is 5.26. The maximum atomic E-state index is 11.6. The second kappa shape index (κ2) is 13.0. The minimum absolute atomic E-state index is 0. The Hall–Kier alpha value is -1.36. The van der Waals surface area contributed by atoms with Gasteiger partial charge in [-0.15, -0.1) is 24.0 Å². The topological polar surface area (TPSA) is 101 Å². The largest absolute Gasteiger partial charge is 0.383 e. The van der Waals surface area contributed by atoms with Gasteiger partial charge in [-0.1, -0.05) is 19.0 Å². The Labute approximate surface area is 160 Å². The maximum absolute atomic E-state index is 11.6. The lowest BCUT2D eigenvalue weighted by Crippen LogP contribution is -2.38. The summed E-state index contributed by atoms with van der Waals surface area (Å²) in [7, 11) is 1.59. The van der Waals surface area contributed by atoms with Crippen molar-refractivity contribution in [2.45, 2.75) is 33.2 Å². The fourth-order valence-corrected chi connectivity index (χ4v) is 1.70. The van der Waals surface area contributed by atoms with Crippen molar-refractivity contribution in [3.8, 4) is 0 Å². The van der Waals surface area contributed by atoms with E-state index in [0.29, 0.717) is 38.1 Å². The number of hydrogen-bond donors (Lipinski definition) is 3. The van der Waals surface area contributed by atoms with Crippen LogP contribution >= 0.6 is 24.0 Å². The summed E-state index contributed by atoms with van der Waals surface area (Å²) in [5, 5.41) is 12.9. The molecule has 1 aromatic heterocycles. The summed E-state index contributed by atoms with van der Waals surface area (Å²) >= 11 is 0. The molecule has 0 aliphatic heterocycles. The number of nitrogens with one attached hydrogen (secondary N) is 3. The van der Waals surface area contributed by atoms with Crippen LogP contribution in [0, 0.1) is 0 Å². The molecule has 1 heterocycles. The molecule has 1 amide bonds. The molecule has 0 spiro atoms. The number of carbonyl (C=O) groups excluding carboxylic acids is 1. The number of nitrogens with zero attached hydrogens (tertiary/aromatic N) is 2. The molecule has 24 heavy (non-hydrogen) atoms. The van der Waals surface area contributed by atoms with E-state index >= 15 is 0 Å². The third kappa shape index (κ3) is 9.06. The number of amides is 1. The van der Waals surface area contributed by atoms with Gasteiger partial charge in [0.15, 0.2) is 11.7 Å². The van der Waals surface area contributed by atoms with E-state index in [1.165, 1.54) is 0 Å². The molecule has 0 unspecified atom stereocenters. The molecule has 0 fully saturated rings. The van der Waals surface area contributed by atoms with Crippen molar-refractivity contribution in [3.63, 3.8) is 0 Å². The summed E-state index contributed by atoms with van der Waals surface area (Å²) < 4.78 is 10.1. The molecule has 138 valence electrons. The average molecular weight is 453 g/mol. The first-order chi connectivity index (χ1) is 11.1. The Bertz CT molecular complexity index is 505. The first-order valence-corrected chi connectivity index (χ1v) is 7.80. The highest BCUT2D eigenvalue weighted by Crippen LogP contribution is 2.13. The van der Waals surface area contributed by atoms with Crippen molar-refractivity contribution in [2.75, 3.05) is 33.4 Å². The number of methoxy groups -OCH3 is 1. The number of halogens is 1. The summed E-state index contributed by atoms with van der Waals surface area (Å²) in [5.41, 5.74) is 0.918. The second-order valence-electron chi connectivity index (χ2n) is 5.26. The third-order valence-corrected chi connectivity index (χ3v) is 2.95. The van der Waals surface area contributed by atoms with Gasteiger partial charge in [0.05, 0.1) is 18.8 Å². The van der Waals surface area contributed by atoms with Crippen molar-refractivity contribution in [1.82, 2.24) is 21.1 Å². The Balaban J connectivity index is 0.00000529. The van der Waals surface area contributed by atoms with Gasteiger partial charge in [0.2, 0.25) is 5.91 Å². The number of carbonyl (C=O) groups is 1. The predicted octanol–water partition coefficient (Wildman–Crippen LogP) is 1.23. The Morgan fingerprint density at radius 1 is 1.38 bits per heavy atom. The SMILES string of the molecule is CCNC(=NCC(=O)NCCOC)NCc1cc(C(C)C)no1.I. The molecule has 0 aliphatic carbocycles. The van der Waals surface area contributed by atoms with Crippen LogP contribution in [-0.4, -0.2) is 50.4 Å². The molecule has 0 radical (unpaired) electrons. The van der Waals surface area contributed by atoms with Crippen molar-refractivity contribution in [1.29, 1.82) is 0 Å². The lowest BCUT2D eigenvalue weighted by molar-refractivity contribution is -0.119. The highest BCUT2D eigenvalue weighted by Gasteiger charge is 2.08. The van der Waals surface area contributed by atoms with Crippen LogP contribution in [0.25, 0.3) is 0 Å². The fourth-order valence-electron chi connectivity index (χ4n) is 1.70. The van der Waals surface area contributed by atoms with Gasteiger partial charge < -0.3 is 25.2 Å². The first-order valence-electron chi connectivity index (χ1n) is 7.80. The minimum Gasteiger partial charge on any atom is -0.383 e. The number of aromatic nitrogens is 1. The highest BCUT2D eigenvalue weighted by molar-refractivity contribution is 14.0. The number of ether oxygens (including phenoxy) is 1. The Morgan fingerprint density at radius 2 is 2.12 bits per heavy atom. The van der Waals surface area contributed by atoms with Crippen molar-refractivity contribution in [2.24, 2.45) is 4.99 Å². The fraction of sp³-hybridized carbons (Fsp3) is 0.667. The lowest BCUT2D eigenvalue weighted by Gasteiger charge is -2.09. The molecule has 0 aliphatic rings. The van der Waals surface area contributed by atoms with Gasteiger partial charge >= 0.3 is 0 Å². The molecule has 1 rings (SSSR count). The van der Waals surface area contributed by atoms with E-state index in [0.717, 1.165) is 11.5 Å². The molecule has 0 atom stereocenters. The van der Waals surface area contributed by atoms with Gasteiger partial charge in [0.25, 0.3) is 0 Å². The van der Waals surface area contributed by atoms with Crippen molar-refractivity contribution >= 4 is 35.8 Å². The zero-order valence-corrected chi connectivity index (χ0v) is 17.0. The summed E-state index contributed by atoms with van der Waals surface area (Å²) in [6.45, 7) is 8.24. The first kappa shape index (κ1) is 22.6. The van der Waals surface area contributed by atoms with Crippen LogP contribution in [0.2, 0.25) is 0 Å². The monoisotopic (exact) mass is 453 g/mol. The van der Waals surface area contributed by atoms with Gasteiger partial charge in [0, 0.05) is 26.3 Å². The van der Waals surface area contributed by atoms with Gasteiger partial charge in [0.1, 0.15) is 6.54 Å². The van der Waals surface area contributed by atoms with Crippen LogP contribution in [0.3, 0.4) is 0 Å². The van der Waals surface area contributed by atoms with E-state index in [9.17, 15) is 4.79 Å². The Kier molecular flexibility index (Phi) is 12.3. The van der Waals surface area contributed by atoms with E-state index in [1.807, 2.05) is 13.0 Å². The van der Waals surface area contributed by atoms with Crippen molar-refractivity contribution in [3.05, 3.63) is 17.5 Å².